The Labute approximate surface area is 151 Å². The second kappa shape index (κ2) is 5.86. The number of aromatic nitrogens is 4. The first-order chi connectivity index (χ1) is 12.4. The lowest BCUT2D eigenvalue weighted by molar-refractivity contribution is 0.458. The molecule has 3 heterocycles. The van der Waals surface area contributed by atoms with Crippen LogP contribution in [-0.4, -0.2) is 25.2 Å². The van der Waals surface area contributed by atoms with Crippen LogP contribution in [0.1, 0.15) is 19.4 Å². The normalized spacial score (nSPS) is 16.9. The molecule has 0 bridgehead atoms. The molecule has 3 aromatic rings. The van der Waals surface area contributed by atoms with Crippen molar-refractivity contribution in [2.75, 3.05) is 11.4 Å². The molecule has 0 unspecified atom stereocenters. The Balaban J connectivity index is 2.05. The van der Waals surface area contributed by atoms with Gasteiger partial charge in [-0.1, -0.05) is 19.1 Å². The maximum atomic E-state index is 12.9. The van der Waals surface area contributed by atoms with E-state index < -0.39 is 0 Å². The molecule has 1 aliphatic rings. The van der Waals surface area contributed by atoms with Crippen LogP contribution in [0.4, 0.5) is 11.6 Å². The van der Waals surface area contributed by atoms with Crippen molar-refractivity contribution in [2.24, 2.45) is 13.0 Å². The van der Waals surface area contributed by atoms with Crippen LogP contribution in [0.15, 0.2) is 33.9 Å². The fourth-order valence-corrected chi connectivity index (χ4v) is 3.80. The van der Waals surface area contributed by atoms with E-state index in [0.29, 0.717) is 30.2 Å². The van der Waals surface area contributed by atoms with E-state index in [4.69, 9.17) is 4.98 Å². The molecule has 26 heavy (non-hydrogen) atoms. The second-order valence-corrected chi connectivity index (χ2v) is 7.14. The third-order valence-electron chi connectivity index (χ3n) is 5.07. The van der Waals surface area contributed by atoms with Crippen molar-refractivity contribution in [1.82, 2.24) is 18.7 Å². The topological polar surface area (TPSA) is 65.1 Å². The number of hydrogen-bond donors (Lipinski definition) is 0. The highest BCUT2D eigenvalue weighted by molar-refractivity contribution is 5.77. The van der Waals surface area contributed by atoms with Crippen LogP contribution >= 0.6 is 0 Å². The average molecular weight is 353 g/mol. The van der Waals surface area contributed by atoms with Crippen LogP contribution in [-0.2, 0) is 20.1 Å². The molecule has 1 aromatic carbocycles. The maximum absolute atomic E-state index is 12.9. The molecular weight excluding hydrogens is 330 g/mol. The van der Waals surface area contributed by atoms with Gasteiger partial charge in [-0.2, -0.15) is 4.98 Å². The molecule has 4 rings (SSSR count). The van der Waals surface area contributed by atoms with Gasteiger partial charge >= 0.3 is 5.69 Å². The van der Waals surface area contributed by atoms with Gasteiger partial charge in [0, 0.05) is 32.4 Å². The molecule has 0 saturated carbocycles. The van der Waals surface area contributed by atoms with E-state index >= 15 is 0 Å². The van der Waals surface area contributed by atoms with Crippen LogP contribution in [0.25, 0.3) is 11.2 Å². The van der Waals surface area contributed by atoms with Gasteiger partial charge in [-0.15, -0.1) is 0 Å². The van der Waals surface area contributed by atoms with Gasteiger partial charge in [0.05, 0.1) is 0 Å². The molecule has 136 valence electrons. The van der Waals surface area contributed by atoms with Gasteiger partial charge in [-0.05, 0) is 37.5 Å². The molecule has 0 saturated heterocycles. The number of hydrogen-bond acceptors (Lipinski definition) is 4. The Hall–Kier alpha value is -2.83. The summed E-state index contributed by atoms with van der Waals surface area (Å²) in [6.45, 7) is 7.91. The highest BCUT2D eigenvalue weighted by Crippen LogP contribution is 2.32. The van der Waals surface area contributed by atoms with E-state index in [1.165, 1.54) is 14.7 Å². The minimum absolute atomic E-state index is 0.261. The van der Waals surface area contributed by atoms with E-state index in [1.54, 1.807) is 7.05 Å². The minimum Gasteiger partial charge on any atom is -0.312 e. The third-order valence-corrected chi connectivity index (χ3v) is 5.07. The predicted molar refractivity (Wildman–Crippen MR) is 102 cm³/mol. The van der Waals surface area contributed by atoms with Gasteiger partial charge < -0.3 is 9.47 Å². The zero-order chi connectivity index (χ0) is 18.6. The molecule has 0 amide bonds. The number of nitrogens with zero attached hydrogens (tertiary/aromatic N) is 5. The first-order valence-corrected chi connectivity index (χ1v) is 8.96. The molecule has 1 atom stereocenters. The summed E-state index contributed by atoms with van der Waals surface area (Å²) in [5.41, 5.74) is 2.59. The number of rotatable bonds is 2. The SMILES string of the molecule is CCn1c(=O)c2c(nc3n2C[C@@H](C)CN3c2cccc(C)c2)n(C)c1=O. The Bertz CT molecular complexity index is 1120. The summed E-state index contributed by atoms with van der Waals surface area (Å²) in [4.78, 5) is 32.3. The summed E-state index contributed by atoms with van der Waals surface area (Å²) in [7, 11) is 1.68. The van der Waals surface area contributed by atoms with Crippen molar-refractivity contribution in [3.8, 4) is 0 Å². The van der Waals surface area contributed by atoms with E-state index in [2.05, 4.69) is 36.9 Å². The van der Waals surface area contributed by atoms with E-state index in [9.17, 15) is 9.59 Å². The first kappa shape index (κ1) is 16.6. The van der Waals surface area contributed by atoms with Crippen molar-refractivity contribution < 1.29 is 0 Å². The largest absolute Gasteiger partial charge is 0.332 e. The Morgan fingerprint density at radius 1 is 1.23 bits per heavy atom. The quantitative estimate of drug-likeness (QED) is 0.707. The number of anilines is 2. The van der Waals surface area contributed by atoms with Gasteiger partial charge in [0.25, 0.3) is 5.56 Å². The van der Waals surface area contributed by atoms with Gasteiger partial charge in [0.15, 0.2) is 11.2 Å². The number of fused-ring (bicyclic) bond motifs is 3. The molecular formula is C19H23N5O2. The number of imidazole rings is 1. The van der Waals surface area contributed by atoms with Crippen molar-refractivity contribution in [3.63, 3.8) is 0 Å². The molecule has 1 aliphatic heterocycles. The number of aryl methyl sites for hydroxylation is 2. The fourth-order valence-electron chi connectivity index (χ4n) is 3.80. The lowest BCUT2D eigenvalue weighted by Crippen LogP contribution is -2.40. The minimum atomic E-state index is -0.324. The standard InChI is InChI=1S/C19H23N5O2/c1-5-22-17(25)15-16(21(4)19(22)26)20-18-23(10-13(3)11-24(15)18)14-8-6-7-12(2)9-14/h6-9,13H,5,10-11H2,1-4H3/t13-/m0/s1. The lowest BCUT2D eigenvalue weighted by atomic mass is 10.1. The summed E-state index contributed by atoms with van der Waals surface area (Å²) in [5, 5.41) is 0. The predicted octanol–water partition coefficient (Wildman–Crippen LogP) is 2.01. The third kappa shape index (κ3) is 2.30. The zero-order valence-corrected chi connectivity index (χ0v) is 15.6. The molecule has 7 nitrogen and oxygen atoms in total. The molecule has 0 fully saturated rings. The van der Waals surface area contributed by atoms with E-state index in [-0.39, 0.29) is 11.2 Å². The van der Waals surface area contributed by atoms with Crippen molar-refractivity contribution in [3.05, 3.63) is 50.7 Å². The average Bonchev–Trinajstić information content (AvgIpc) is 2.99. The fraction of sp³-hybridized carbons (Fsp3) is 0.421. The Kier molecular flexibility index (Phi) is 3.75. The summed E-state index contributed by atoms with van der Waals surface area (Å²) < 4.78 is 4.72. The van der Waals surface area contributed by atoms with Crippen LogP contribution in [0.3, 0.4) is 0 Å². The van der Waals surface area contributed by atoms with Gasteiger partial charge in [0.2, 0.25) is 5.95 Å². The van der Waals surface area contributed by atoms with Crippen molar-refractivity contribution in [2.45, 2.75) is 33.9 Å². The Morgan fingerprint density at radius 3 is 2.69 bits per heavy atom. The molecule has 7 heteroatoms. The monoisotopic (exact) mass is 353 g/mol. The van der Waals surface area contributed by atoms with E-state index in [1.807, 2.05) is 17.6 Å². The summed E-state index contributed by atoms with van der Waals surface area (Å²) in [6.07, 6.45) is 0. The van der Waals surface area contributed by atoms with Gasteiger partial charge in [-0.3, -0.25) is 13.9 Å². The van der Waals surface area contributed by atoms with Crippen molar-refractivity contribution in [1.29, 1.82) is 0 Å². The lowest BCUT2D eigenvalue weighted by Gasteiger charge is -2.33. The maximum Gasteiger partial charge on any atom is 0.332 e. The van der Waals surface area contributed by atoms with Crippen LogP contribution < -0.4 is 16.1 Å². The second-order valence-electron chi connectivity index (χ2n) is 7.14. The van der Waals surface area contributed by atoms with Crippen LogP contribution in [0.5, 0.6) is 0 Å². The smallest absolute Gasteiger partial charge is 0.312 e. The first-order valence-electron chi connectivity index (χ1n) is 8.96. The van der Waals surface area contributed by atoms with Gasteiger partial charge in [-0.25, -0.2) is 4.79 Å². The summed E-state index contributed by atoms with van der Waals surface area (Å²) in [5.74, 6) is 1.08. The van der Waals surface area contributed by atoms with Gasteiger partial charge in [0.1, 0.15) is 0 Å². The number of benzene rings is 1. The van der Waals surface area contributed by atoms with E-state index in [0.717, 1.165) is 18.2 Å². The van der Waals surface area contributed by atoms with Crippen LogP contribution in [0.2, 0.25) is 0 Å². The molecule has 0 N–H and O–H groups in total. The molecule has 0 radical (unpaired) electrons. The summed E-state index contributed by atoms with van der Waals surface area (Å²) >= 11 is 0. The van der Waals surface area contributed by atoms with Crippen LogP contribution in [0, 0.1) is 12.8 Å². The molecule has 0 spiro atoms. The Morgan fingerprint density at radius 2 is 2.00 bits per heavy atom. The highest BCUT2D eigenvalue weighted by Gasteiger charge is 2.29. The summed E-state index contributed by atoms with van der Waals surface area (Å²) in [6, 6.07) is 8.25. The zero-order valence-electron chi connectivity index (χ0n) is 15.6. The molecule has 2 aromatic heterocycles. The van der Waals surface area contributed by atoms with Crippen molar-refractivity contribution >= 4 is 22.8 Å². The highest BCUT2D eigenvalue weighted by atomic mass is 16.2. The molecule has 0 aliphatic carbocycles.